The first-order chi connectivity index (χ1) is 8.78. The van der Waals surface area contributed by atoms with Gasteiger partial charge in [-0.05, 0) is 17.7 Å². The van der Waals surface area contributed by atoms with Crippen LogP contribution in [0.1, 0.15) is 11.6 Å². The van der Waals surface area contributed by atoms with Gasteiger partial charge >= 0.3 is 5.97 Å². The van der Waals surface area contributed by atoms with E-state index in [1.807, 2.05) is 0 Å². The number of rotatable bonds is 2. The second-order valence-corrected chi connectivity index (χ2v) is 7.36. The van der Waals surface area contributed by atoms with E-state index in [0.29, 0.717) is 10.0 Å². The summed E-state index contributed by atoms with van der Waals surface area (Å²) in [6.07, 6.45) is 0. The van der Waals surface area contributed by atoms with Gasteiger partial charge in [0.1, 0.15) is 11.9 Å². The first-order valence-electron chi connectivity index (χ1n) is 5.43. The number of sulfone groups is 1. The van der Waals surface area contributed by atoms with Crippen molar-refractivity contribution in [2.45, 2.75) is 12.1 Å². The molecular weight excluding hydrogens is 341 g/mol. The maximum Gasteiger partial charge on any atom is 0.321 e. The Kier molecular flexibility index (Phi) is 3.93. The third-order valence-corrected chi connectivity index (χ3v) is 5.25. The highest BCUT2D eigenvalue weighted by Gasteiger charge is 2.36. The number of halogens is 2. The van der Waals surface area contributed by atoms with Crippen molar-refractivity contribution in [3.05, 3.63) is 34.1 Å². The summed E-state index contributed by atoms with van der Waals surface area (Å²) < 4.78 is 36.9. The van der Waals surface area contributed by atoms with Gasteiger partial charge in [-0.25, -0.2) is 12.8 Å². The molecule has 0 spiro atoms. The van der Waals surface area contributed by atoms with Crippen molar-refractivity contribution in [2.24, 2.45) is 0 Å². The van der Waals surface area contributed by atoms with Crippen molar-refractivity contribution in [3.8, 4) is 0 Å². The average molecular weight is 352 g/mol. The van der Waals surface area contributed by atoms with Gasteiger partial charge < -0.3 is 5.11 Å². The van der Waals surface area contributed by atoms with Crippen LogP contribution in [-0.4, -0.2) is 37.0 Å². The Hall–Kier alpha value is -0.990. The molecule has 8 heteroatoms. The molecule has 1 aromatic rings. The number of hydrogen-bond donors (Lipinski definition) is 2. The molecule has 0 amide bonds. The van der Waals surface area contributed by atoms with E-state index in [-0.39, 0.29) is 5.75 Å². The van der Waals surface area contributed by atoms with Gasteiger partial charge in [0.2, 0.25) is 0 Å². The van der Waals surface area contributed by atoms with E-state index in [2.05, 4.69) is 21.2 Å². The minimum absolute atomic E-state index is 0.207. The molecule has 19 heavy (non-hydrogen) atoms. The molecule has 2 rings (SSSR count). The fraction of sp³-hybridized carbons (Fsp3) is 0.364. The van der Waals surface area contributed by atoms with Gasteiger partial charge in [0.15, 0.2) is 9.84 Å². The highest BCUT2D eigenvalue weighted by molar-refractivity contribution is 9.10. The molecule has 0 saturated carbocycles. The summed E-state index contributed by atoms with van der Waals surface area (Å²) in [6, 6.07) is 2.04. The standard InChI is InChI=1S/C11H11BrFNO4S/c12-8-3-6(13)1-2-7(8)9-4-19(17,18)5-10(14-9)11(15)16/h1-3,9-10,14H,4-5H2,(H,15,16). The second-order valence-electron chi connectivity index (χ2n) is 4.35. The lowest BCUT2D eigenvalue weighted by Crippen LogP contribution is -2.51. The van der Waals surface area contributed by atoms with E-state index in [1.54, 1.807) is 0 Å². The lowest BCUT2D eigenvalue weighted by molar-refractivity contribution is -0.139. The first-order valence-corrected chi connectivity index (χ1v) is 8.04. The first kappa shape index (κ1) is 14.4. The van der Waals surface area contributed by atoms with Crippen molar-refractivity contribution in [1.82, 2.24) is 5.32 Å². The fourth-order valence-electron chi connectivity index (χ4n) is 2.02. The molecular formula is C11H11BrFNO4S. The molecule has 5 nitrogen and oxygen atoms in total. The average Bonchev–Trinajstić information content (AvgIpc) is 2.26. The molecule has 2 unspecified atom stereocenters. The Morgan fingerprint density at radius 3 is 2.68 bits per heavy atom. The van der Waals surface area contributed by atoms with Crippen molar-refractivity contribution in [1.29, 1.82) is 0 Å². The Bertz CT molecular complexity index is 619. The zero-order valence-corrected chi connectivity index (χ0v) is 12.0. The van der Waals surface area contributed by atoms with Crippen LogP contribution in [0.2, 0.25) is 0 Å². The molecule has 0 radical (unpaired) electrons. The second kappa shape index (κ2) is 5.18. The van der Waals surface area contributed by atoms with Gasteiger partial charge in [0.05, 0.1) is 11.5 Å². The maximum atomic E-state index is 13.0. The van der Waals surface area contributed by atoms with Crippen LogP contribution in [-0.2, 0) is 14.6 Å². The molecule has 1 saturated heterocycles. The van der Waals surface area contributed by atoms with E-state index >= 15 is 0 Å². The van der Waals surface area contributed by atoms with Crippen molar-refractivity contribution < 1.29 is 22.7 Å². The number of carboxylic acid groups (broad SMARTS) is 1. The summed E-state index contributed by atoms with van der Waals surface area (Å²) in [4.78, 5) is 11.0. The SMILES string of the molecule is O=C(O)C1CS(=O)(=O)CC(c2ccc(F)cc2Br)N1. The maximum absolute atomic E-state index is 13.0. The van der Waals surface area contributed by atoms with Crippen LogP contribution in [0.15, 0.2) is 22.7 Å². The third kappa shape index (κ3) is 3.31. The molecule has 2 N–H and O–H groups in total. The Balaban J connectivity index is 2.36. The predicted octanol–water partition coefficient (Wildman–Crippen LogP) is 1.10. The van der Waals surface area contributed by atoms with Gasteiger partial charge in [0.25, 0.3) is 0 Å². The normalized spacial score (nSPS) is 26.0. The molecule has 0 bridgehead atoms. The Labute approximate surface area is 117 Å². The summed E-state index contributed by atoms with van der Waals surface area (Å²) in [6.45, 7) is 0. The van der Waals surface area contributed by atoms with Crippen LogP contribution in [0.3, 0.4) is 0 Å². The highest BCUT2D eigenvalue weighted by Crippen LogP contribution is 2.28. The largest absolute Gasteiger partial charge is 0.480 e. The van der Waals surface area contributed by atoms with Crippen LogP contribution in [0, 0.1) is 5.82 Å². The predicted molar refractivity (Wildman–Crippen MR) is 70.1 cm³/mol. The van der Waals surface area contributed by atoms with E-state index in [4.69, 9.17) is 5.11 Å². The third-order valence-electron chi connectivity index (χ3n) is 2.88. The van der Waals surface area contributed by atoms with Gasteiger partial charge in [-0.2, -0.15) is 0 Å². The van der Waals surface area contributed by atoms with Crippen LogP contribution in [0.4, 0.5) is 4.39 Å². The topological polar surface area (TPSA) is 83.5 Å². The summed E-state index contributed by atoms with van der Waals surface area (Å²) in [5.74, 6) is -2.31. The lowest BCUT2D eigenvalue weighted by atomic mass is 10.1. The van der Waals surface area contributed by atoms with Gasteiger partial charge in [-0.1, -0.05) is 22.0 Å². The Morgan fingerprint density at radius 1 is 1.42 bits per heavy atom. The lowest BCUT2D eigenvalue weighted by Gasteiger charge is -2.29. The molecule has 1 heterocycles. The van der Waals surface area contributed by atoms with E-state index in [1.165, 1.54) is 18.2 Å². The fourth-order valence-corrected chi connectivity index (χ4v) is 4.31. The highest BCUT2D eigenvalue weighted by atomic mass is 79.9. The monoisotopic (exact) mass is 351 g/mol. The van der Waals surface area contributed by atoms with Crippen molar-refractivity contribution >= 4 is 31.7 Å². The smallest absolute Gasteiger partial charge is 0.321 e. The van der Waals surface area contributed by atoms with Crippen molar-refractivity contribution in [3.63, 3.8) is 0 Å². The minimum Gasteiger partial charge on any atom is -0.480 e. The Morgan fingerprint density at radius 2 is 2.11 bits per heavy atom. The number of hydrogen-bond acceptors (Lipinski definition) is 4. The van der Waals surface area contributed by atoms with E-state index in [0.717, 1.165) is 0 Å². The summed E-state index contributed by atoms with van der Waals surface area (Å²) in [5, 5.41) is 11.7. The van der Waals surface area contributed by atoms with Crippen LogP contribution in [0.5, 0.6) is 0 Å². The number of benzene rings is 1. The number of nitrogens with one attached hydrogen (secondary N) is 1. The van der Waals surface area contributed by atoms with Crippen molar-refractivity contribution in [2.75, 3.05) is 11.5 Å². The van der Waals surface area contributed by atoms with E-state index in [9.17, 15) is 17.6 Å². The molecule has 1 aliphatic heterocycles. The molecule has 1 aromatic carbocycles. The van der Waals surface area contributed by atoms with Crippen LogP contribution < -0.4 is 5.32 Å². The molecule has 104 valence electrons. The summed E-state index contributed by atoms with van der Waals surface area (Å²) in [5.41, 5.74) is 0.524. The quantitative estimate of drug-likeness (QED) is 0.833. The number of aliphatic carboxylic acids is 1. The van der Waals surface area contributed by atoms with Crippen LogP contribution in [0.25, 0.3) is 0 Å². The summed E-state index contributed by atoms with van der Waals surface area (Å²) in [7, 11) is -3.46. The zero-order chi connectivity index (χ0) is 14.2. The molecule has 2 atom stereocenters. The van der Waals surface area contributed by atoms with Gasteiger partial charge in [0, 0.05) is 10.5 Å². The molecule has 1 fully saturated rings. The molecule has 1 aliphatic rings. The van der Waals surface area contributed by atoms with Crippen LogP contribution >= 0.6 is 15.9 Å². The van der Waals surface area contributed by atoms with Gasteiger partial charge in [-0.15, -0.1) is 0 Å². The zero-order valence-electron chi connectivity index (χ0n) is 9.64. The molecule has 0 aromatic heterocycles. The minimum atomic E-state index is -3.46. The summed E-state index contributed by atoms with van der Waals surface area (Å²) >= 11 is 3.15. The van der Waals surface area contributed by atoms with E-state index < -0.39 is 39.5 Å². The van der Waals surface area contributed by atoms with Gasteiger partial charge in [-0.3, -0.25) is 10.1 Å². The number of carbonyl (C=O) groups is 1. The molecule has 0 aliphatic carbocycles. The number of carboxylic acids is 1.